The average molecular weight is 113 g/mol. The standard InChI is InChI=1S/C3H3N3O2/c7-6(8)3-1-2-4-5-3/h1-3H. The summed E-state index contributed by atoms with van der Waals surface area (Å²) in [5.41, 5.74) is 0. The van der Waals surface area contributed by atoms with Crippen molar-refractivity contribution in [3.63, 3.8) is 0 Å². The van der Waals surface area contributed by atoms with E-state index in [0.717, 1.165) is 0 Å². The van der Waals surface area contributed by atoms with Crippen molar-refractivity contribution >= 4 is 0 Å². The molecule has 1 rings (SSSR count). The normalized spacial score (nSPS) is 24.2. The van der Waals surface area contributed by atoms with Crippen LogP contribution in [0, 0.1) is 10.1 Å². The van der Waals surface area contributed by atoms with Crippen LogP contribution in [-0.4, -0.2) is 11.1 Å². The molecule has 0 aliphatic carbocycles. The van der Waals surface area contributed by atoms with E-state index in [1.165, 1.54) is 12.3 Å². The largest absolute Gasteiger partial charge is 0.341 e. The van der Waals surface area contributed by atoms with Gasteiger partial charge in [-0.2, -0.15) is 5.11 Å². The van der Waals surface area contributed by atoms with Gasteiger partial charge in [-0.05, 0) is 0 Å². The van der Waals surface area contributed by atoms with E-state index in [1.54, 1.807) is 0 Å². The third-order valence-electron chi connectivity index (χ3n) is 0.726. The summed E-state index contributed by atoms with van der Waals surface area (Å²) < 4.78 is 0. The average Bonchev–Trinajstić information content (AvgIpc) is 2.12. The molecule has 1 aliphatic heterocycles. The lowest BCUT2D eigenvalue weighted by Crippen LogP contribution is -2.10. The van der Waals surface area contributed by atoms with Gasteiger partial charge in [0.1, 0.15) is 0 Å². The molecule has 1 atom stereocenters. The summed E-state index contributed by atoms with van der Waals surface area (Å²) >= 11 is 0. The Hall–Kier alpha value is -1.26. The molecule has 0 aromatic heterocycles. The molecule has 1 unspecified atom stereocenters. The fraction of sp³-hybridized carbons (Fsp3) is 0.333. The first-order chi connectivity index (χ1) is 3.80. The Morgan fingerprint density at radius 2 is 2.50 bits per heavy atom. The summed E-state index contributed by atoms with van der Waals surface area (Å²) in [6, 6.07) is 0. The predicted octanol–water partition coefficient (Wildman–Crippen LogP) is 0.569. The van der Waals surface area contributed by atoms with Crippen molar-refractivity contribution in [2.45, 2.75) is 6.17 Å². The van der Waals surface area contributed by atoms with Crippen molar-refractivity contribution in [1.82, 2.24) is 0 Å². The quantitative estimate of drug-likeness (QED) is 0.368. The maximum absolute atomic E-state index is 9.80. The SMILES string of the molecule is O=[N+]([O-])C1C=CN=N1. The molecule has 0 amide bonds. The molecule has 0 saturated heterocycles. The Kier molecular flexibility index (Phi) is 1.03. The van der Waals surface area contributed by atoms with E-state index in [-0.39, 0.29) is 0 Å². The fourth-order valence-electron chi connectivity index (χ4n) is 0.373. The van der Waals surface area contributed by atoms with Crippen molar-refractivity contribution < 1.29 is 4.92 Å². The smallest absolute Gasteiger partial charge is 0.262 e. The first kappa shape index (κ1) is 4.89. The minimum absolute atomic E-state index is 0.507. The topological polar surface area (TPSA) is 67.9 Å². The molecule has 0 aromatic rings. The Morgan fingerprint density at radius 1 is 1.75 bits per heavy atom. The van der Waals surface area contributed by atoms with Gasteiger partial charge in [0, 0.05) is 6.08 Å². The van der Waals surface area contributed by atoms with Crippen LogP contribution in [0.1, 0.15) is 0 Å². The highest BCUT2D eigenvalue weighted by Crippen LogP contribution is 2.02. The van der Waals surface area contributed by atoms with Crippen LogP contribution in [0.4, 0.5) is 0 Å². The molecule has 1 aliphatic rings. The van der Waals surface area contributed by atoms with Gasteiger partial charge in [-0.1, -0.05) is 0 Å². The van der Waals surface area contributed by atoms with Gasteiger partial charge >= 0.3 is 6.17 Å². The first-order valence-corrected chi connectivity index (χ1v) is 2.01. The van der Waals surface area contributed by atoms with E-state index in [2.05, 4.69) is 10.2 Å². The number of rotatable bonds is 1. The molecule has 5 nitrogen and oxygen atoms in total. The van der Waals surface area contributed by atoms with Gasteiger partial charge in [0.15, 0.2) is 0 Å². The molecule has 0 bridgehead atoms. The van der Waals surface area contributed by atoms with Crippen molar-refractivity contribution in [2.24, 2.45) is 10.2 Å². The van der Waals surface area contributed by atoms with Gasteiger partial charge in [-0.15, -0.1) is 5.11 Å². The van der Waals surface area contributed by atoms with Crippen molar-refractivity contribution in [3.05, 3.63) is 22.4 Å². The predicted molar refractivity (Wildman–Crippen MR) is 24.8 cm³/mol. The maximum Gasteiger partial charge on any atom is 0.341 e. The van der Waals surface area contributed by atoms with Crippen molar-refractivity contribution in [2.75, 3.05) is 0 Å². The van der Waals surface area contributed by atoms with Crippen LogP contribution >= 0.6 is 0 Å². The van der Waals surface area contributed by atoms with Crippen LogP contribution in [0.2, 0.25) is 0 Å². The maximum atomic E-state index is 9.80. The molecular weight excluding hydrogens is 110 g/mol. The van der Waals surface area contributed by atoms with E-state index in [9.17, 15) is 10.1 Å². The Bertz CT molecular complexity index is 150. The molecule has 0 fully saturated rings. The zero-order valence-corrected chi connectivity index (χ0v) is 3.89. The van der Waals surface area contributed by atoms with Gasteiger partial charge in [-0.3, -0.25) is 10.1 Å². The second kappa shape index (κ2) is 1.69. The van der Waals surface area contributed by atoms with Gasteiger partial charge in [0.25, 0.3) is 0 Å². The summed E-state index contributed by atoms with van der Waals surface area (Å²) in [6.07, 6.45) is 1.70. The Balaban J connectivity index is 2.62. The lowest BCUT2D eigenvalue weighted by atomic mass is 10.5. The molecule has 1 heterocycles. The lowest BCUT2D eigenvalue weighted by Gasteiger charge is -1.87. The Labute approximate surface area is 44.9 Å². The molecule has 0 N–H and O–H groups in total. The fourth-order valence-corrected chi connectivity index (χ4v) is 0.373. The van der Waals surface area contributed by atoms with E-state index < -0.39 is 11.1 Å². The van der Waals surface area contributed by atoms with Crippen LogP contribution < -0.4 is 0 Å². The zero-order valence-electron chi connectivity index (χ0n) is 3.89. The molecule has 0 radical (unpaired) electrons. The summed E-state index contributed by atoms with van der Waals surface area (Å²) in [7, 11) is 0. The van der Waals surface area contributed by atoms with Gasteiger partial charge < -0.3 is 0 Å². The van der Waals surface area contributed by atoms with Crippen LogP contribution in [0.15, 0.2) is 22.5 Å². The van der Waals surface area contributed by atoms with Crippen LogP contribution in [0.25, 0.3) is 0 Å². The first-order valence-electron chi connectivity index (χ1n) is 2.01. The van der Waals surface area contributed by atoms with E-state index >= 15 is 0 Å². The molecule has 0 aromatic carbocycles. The van der Waals surface area contributed by atoms with Crippen molar-refractivity contribution in [1.29, 1.82) is 0 Å². The number of nitro groups is 1. The van der Waals surface area contributed by atoms with Crippen LogP contribution in [-0.2, 0) is 0 Å². The van der Waals surface area contributed by atoms with Crippen LogP contribution in [0.5, 0.6) is 0 Å². The highest BCUT2D eigenvalue weighted by atomic mass is 16.6. The molecule has 8 heavy (non-hydrogen) atoms. The number of hydrogen-bond donors (Lipinski definition) is 0. The van der Waals surface area contributed by atoms with Crippen molar-refractivity contribution in [3.8, 4) is 0 Å². The number of hydrogen-bond acceptors (Lipinski definition) is 4. The number of azo groups is 1. The Morgan fingerprint density at radius 3 is 2.75 bits per heavy atom. The molecule has 5 heteroatoms. The van der Waals surface area contributed by atoms with E-state index in [1.807, 2.05) is 0 Å². The summed E-state index contributed by atoms with van der Waals surface area (Å²) in [5.74, 6) is 0. The molecule has 0 saturated carbocycles. The van der Waals surface area contributed by atoms with Gasteiger partial charge in [0.2, 0.25) is 0 Å². The second-order valence-electron chi connectivity index (χ2n) is 1.27. The number of nitrogens with zero attached hydrogens (tertiary/aromatic N) is 3. The minimum atomic E-state index is -0.935. The third kappa shape index (κ3) is 0.699. The monoisotopic (exact) mass is 113 g/mol. The van der Waals surface area contributed by atoms with E-state index in [4.69, 9.17) is 0 Å². The summed E-state index contributed by atoms with van der Waals surface area (Å²) in [5, 5.41) is 16.3. The highest BCUT2D eigenvalue weighted by Gasteiger charge is 2.15. The zero-order chi connectivity index (χ0) is 5.98. The second-order valence-corrected chi connectivity index (χ2v) is 1.27. The molecule has 0 spiro atoms. The highest BCUT2D eigenvalue weighted by molar-refractivity contribution is 4.89. The minimum Gasteiger partial charge on any atom is -0.262 e. The summed E-state index contributed by atoms with van der Waals surface area (Å²) in [6.45, 7) is 0. The third-order valence-corrected chi connectivity index (χ3v) is 0.726. The molecule has 42 valence electrons. The molecular formula is C3H3N3O2. The van der Waals surface area contributed by atoms with Gasteiger partial charge in [-0.25, -0.2) is 0 Å². The van der Waals surface area contributed by atoms with Gasteiger partial charge in [0.05, 0.1) is 11.1 Å². The lowest BCUT2D eigenvalue weighted by molar-refractivity contribution is -0.507. The van der Waals surface area contributed by atoms with Crippen LogP contribution in [0.3, 0.4) is 0 Å². The van der Waals surface area contributed by atoms with E-state index in [0.29, 0.717) is 0 Å². The summed E-state index contributed by atoms with van der Waals surface area (Å²) in [4.78, 5) is 9.30.